The van der Waals surface area contributed by atoms with Gasteiger partial charge in [-0.25, -0.2) is 0 Å². The molecule has 5 nitrogen and oxygen atoms in total. The summed E-state index contributed by atoms with van der Waals surface area (Å²) >= 11 is 3.35. The Balaban J connectivity index is 3.88. The predicted molar refractivity (Wildman–Crippen MR) is 92.8 cm³/mol. The molecule has 8 heteroatoms. The van der Waals surface area contributed by atoms with E-state index >= 15 is 0 Å². The van der Waals surface area contributed by atoms with Crippen LogP contribution in [0.4, 0.5) is 0 Å². The topological polar surface area (TPSA) is 74.7 Å². The molecule has 0 aliphatic heterocycles. The van der Waals surface area contributed by atoms with Gasteiger partial charge in [-0.3, -0.25) is 9.35 Å². The lowest BCUT2D eigenvalue weighted by molar-refractivity contribution is -0.127. The molecule has 0 heterocycles. The summed E-state index contributed by atoms with van der Waals surface area (Å²) in [6.07, 6.45) is 1.45. The van der Waals surface area contributed by atoms with Crippen LogP contribution >= 0.6 is 23.5 Å². The van der Waals surface area contributed by atoms with Crippen molar-refractivity contribution in [1.82, 2.24) is 4.90 Å². The maximum Gasteiger partial charge on any atom is 0.264 e. The van der Waals surface area contributed by atoms with Gasteiger partial charge in [0.1, 0.15) is 0 Å². The van der Waals surface area contributed by atoms with Gasteiger partial charge in [0, 0.05) is 24.1 Å². The smallest absolute Gasteiger partial charge is 0.264 e. The van der Waals surface area contributed by atoms with E-state index in [4.69, 9.17) is 4.55 Å². The second kappa shape index (κ2) is 11.6. The Morgan fingerprint density at radius 2 is 1.86 bits per heavy atom. The molecule has 0 aliphatic carbocycles. The number of carbonyl (C=O) groups excluding carboxylic acids is 1. The second-order valence-corrected chi connectivity index (χ2v) is 8.63. The third kappa shape index (κ3) is 11.3. The summed E-state index contributed by atoms with van der Waals surface area (Å²) in [5.41, 5.74) is 0. The zero-order valence-corrected chi connectivity index (χ0v) is 15.5. The number of nitrogens with zero attached hydrogens (tertiary/aromatic N) is 1. The van der Waals surface area contributed by atoms with Crippen molar-refractivity contribution in [2.75, 3.05) is 36.1 Å². The van der Waals surface area contributed by atoms with Crippen LogP contribution in [0.3, 0.4) is 0 Å². The molecule has 21 heavy (non-hydrogen) atoms. The molecule has 0 aromatic carbocycles. The first-order valence-corrected chi connectivity index (χ1v) is 11.1. The molecule has 0 spiro atoms. The minimum atomic E-state index is -3.84. The zero-order valence-electron chi connectivity index (χ0n) is 13.1. The second-order valence-electron chi connectivity index (χ2n) is 4.62. The van der Waals surface area contributed by atoms with Crippen LogP contribution < -0.4 is 0 Å². The van der Waals surface area contributed by atoms with E-state index in [0.717, 1.165) is 25.3 Å². The maximum atomic E-state index is 11.9. The molecule has 1 unspecified atom stereocenters. The highest BCUT2D eigenvalue weighted by Gasteiger charge is 2.14. The molecule has 0 aromatic rings. The van der Waals surface area contributed by atoms with Gasteiger partial charge in [0.05, 0.1) is 11.5 Å². The number of carbonyl (C=O) groups is 1. The molecule has 0 fully saturated rings. The van der Waals surface area contributed by atoms with Gasteiger partial charge in [-0.1, -0.05) is 6.92 Å². The molecule has 0 bridgehead atoms. The normalized spacial score (nSPS) is 13.1. The Hall–Kier alpha value is 0.0800. The summed E-state index contributed by atoms with van der Waals surface area (Å²) in [4.78, 5) is 13.7. The Morgan fingerprint density at radius 3 is 2.33 bits per heavy atom. The van der Waals surface area contributed by atoms with E-state index < -0.39 is 10.1 Å². The molecule has 0 saturated heterocycles. The van der Waals surface area contributed by atoms with E-state index in [1.54, 1.807) is 23.5 Å². The van der Waals surface area contributed by atoms with Crippen LogP contribution in [0.5, 0.6) is 0 Å². The third-order valence-electron chi connectivity index (χ3n) is 3.01. The van der Waals surface area contributed by atoms with Gasteiger partial charge in [-0.15, -0.1) is 11.8 Å². The van der Waals surface area contributed by atoms with Crippen molar-refractivity contribution in [2.45, 2.75) is 38.9 Å². The minimum absolute atomic E-state index is 0.176. The highest BCUT2D eigenvalue weighted by atomic mass is 32.2. The molecular formula is C13H27NO4S3. The number of hydrogen-bond donors (Lipinski definition) is 1. The molecule has 0 saturated carbocycles. The molecule has 0 aliphatic rings. The summed E-state index contributed by atoms with van der Waals surface area (Å²) in [7, 11) is -3.84. The van der Waals surface area contributed by atoms with E-state index in [2.05, 4.69) is 6.92 Å². The summed E-state index contributed by atoms with van der Waals surface area (Å²) in [6, 6.07) is 0. The average Bonchev–Trinajstić information content (AvgIpc) is 2.42. The van der Waals surface area contributed by atoms with E-state index in [1.807, 2.05) is 18.7 Å². The monoisotopic (exact) mass is 357 g/mol. The maximum absolute atomic E-state index is 11.9. The predicted octanol–water partition coefficient (Wildman–Crippen LogP) is 2.38. The van der Waals surface area contributed by atoms with Gasteiger partial charge < -0.3 is 4.90 Å². The van der Waals surface area contributed by atoms with Crippen molar-refractivity contribution >= 4 is 39.5 Å². The number of thioether (sulfide) groups is 2. The van der Waals surface area contributed by atoms with E-state index in [9.17, 15) is 13.2 Å². The van der Waals surface area contributed by atoms with Gasteiger partial charge in [-0.05, 0) is 32.4 Å². The molecule has 0 aromatic heterocycles. The average molecular weight is 358 g/mol. The van der Waals surface area contributed by atoms with Crippen LogP contribution in [-0.4, -0.2) is 65.1 Å². The van der Waals surface area contributed by atoms with Crippen molar-refractivity contribution in [1.29, 1.82) is 0 Å². The lowest BCUT2D eigenvalue weighted by Crippen LogP contribution is -2.32. The Kier molecular flexibility index (Phi) is 11.7. The molecule has 1 N–H and O–H groups in total. The SMILES string of the molecule is CCC(CSCCCS(=O)(=O)O)SCC(=O)N(CC)CC. The third-order valence-corrected chi connectivity index (χ3v) is 6.62. The lowest BCUT2D eigenvalue weighted by Gasteiger charge is -2.20. The molecular weight excluding hydrogens is 330 g/mol. The molecule has 1 atom stereocenters. The quantitative estimate of drug-likeness (QED) is 0.427. The Morgan fingerprint density at radius 1 is 1.24 bits per heavy atom. The van der Waals surface area contributed by atoms with E-state index in [0.29, 0.717) is 23.2 Å². The van der Waals surface area contributed by atoms with Crippen LogP contribution in [-0.2, 0) is 14.9 Å². The fraction of sp³-hybridized carbons (Fsp3) is 0.923. The van der Waals surface area contributed by atoms with Crippen LogP contribution in [0.25, 0.3) is 0 Å². The van der Waals surface area contributed by atoms with Crippen molar-refractivity contribution in [3.8, 4) is 0 Å². The Labute approximate surface area is 137 Å². The fourth-order valence-electron chi connectivity index (χ4n) is 1.70. The van der Waals surface area contributed by atoms with Crippen molar-refractivity contribution < 1.29 is 17.8 Å². The molecule has 1 amide bonds. The zero-order chi connectivity index (χ0) is 16.3. The number of rotatable bonds is 12. The van der Waals surface area contributed by atoms with Gasteiger partial charge in [0.2, 0.25) is 5.91 Å². The molecule has 0 rings (SSSR count). The first kappa shape index (κ1) is 21.1. The van der Waals surface area contributed by atoms with Crippen LogP contribution in [0.15, 0.2) is 0 Å². The number of amides is 1. The van der Waals surface area contributed by atoms with E-state index in [-0.39, 0.29) is 11.7 Å². The largest absolute Gasteiger partial charge is 0.343 e. The highest BCUT2D eigenvalue weighted by molar-refractivity contribution is 8.03. The van der Waals surface area contributed by atoms with Gasteiger partial charge in [-0.2, -0.15) is 20.2 Å². The van der Waals surface area contributed by atoms with Gasteiger partial charge in [0.15, 0.2) is 0 Å². The summed E-state index contributed by atoms with van der Waals surface area (Å²) < 4.78 is 29.8. The first-order chi connectivity index (χ1) is 9.84. The minimum Gasteiger partial charge on any atom is -0.343 e. The fourth-order valence-corrected chi connectivity index (χ4v) is 4.87. The molecule has 126 valence electrons. The van der Waals surface area contributed by atoms with Crippen LogP contribution in [0.1, 0.15) is 33.6 Å². The summed E-state index contributed by atoms with van der Waals surface area (Å²) in [5.74, 6) is 2.12. The van der Waals surface area contributed by atoms with Crippen LogP contribution in [0.2, 0.25) is 0 Å². The summed E-state index contributed by atoms with van der Waals surface area (Å²) in [5, 5.41) is 0.403. The van der Waals surface area contributed by atoms with Gasteiger partial charge >= 0.3 is 0 Å². The van der Waals surface area contributed by atoms with Gasteiger partial charge in [0.25, 0.3) is 10.1 Å². The highest BCUT2D eigenvalue weighted by Crippen LogP contribution is 2.20. The Bertz CT molecular complexity index is 383. The number of hydrogen-bond acceptors (Lipinski definition) is 5. The van der Waals surface area contributed by atoms with E-state index in [1.165, 1.54) is 0 Å². The standard InChI is InChI=1S/C13H27NO4S3/c1-4-12(10-19-8-7-9-21(16,17)18)20-11-13(15)14(5-2)6-3/h12H,4-11H2,1-3H3,(H,16,17,18). The van der Waals surface area contributed by atoms with Crippen molar-refractivity contribution in [3.63, 3.8) is 0 Å². The first-order valence-electron chi connectivity index (χ1n) is 7.26. The molecule has 0 radical (unpaired) electrons. The summed E-state index contributed by atoms with van der Waals surface area (Å²) in [6.45, 7) is 7.55. The van der Waals surface area contributed by atoms with Crippen LogP contribution in [0, 0.1) is 0 Å². The van der Waals surface area contributed by atoms with Crippen molar-refractivity contribution in [3.05, 3.63) is 0 Å². The lowest BCUT2D eigenvalue weighted by atomic mass is 10.4. The van der Waals surface area contributed by atoms with Crippen molar-refractivity contribution in [2.24, 2.45) is 0 Å².